The number of alkyl carbamates (subject to hydrolysis) is 1. The minimum absolute atomic E-state index is 0.0217. The van der Waals surface area contributed by atoms with Crippen molar-refractivity contribution >= 4 is 29.6 Å². The number of carbonyl (C=O) groups is 5. The van der Waals surface area contributed by atoms with Crippen molar-refractivity contribution in [3.8, 4) is 0 Å². The zero-order valence-electron chi connectivity index (χ0n) is 28.4. The van der Waals surface area contributed by atoms with E-state index in [1.54, 1.807) is 53.7 Å². The van der Waals surface area contributed by atoms with E-state index in [4.69, 9.17) is 14.2 Å². The number of ketones is 2. The first-order chi connectivity index (χ1) is 21.1. The second kappa shape index (κ2) is 12.5. The number of allylic oxidation sites excluding steroid dienone is 4. The third-order valence-electron chi connectivity index (χ3n) is 10.5. The molecule has 0 radical (unpaired) electrons. The maximum atomic E-state index is 13.7. The minimum atomic E-state index is -1.84. The summed E-state index contributed by atoms with van der Waals surface area (Å²) in [5.74, 6) is -2.45. The van der Waals surface area contributed by atoms with Crippen LogP contribution < -0.4 is 5.32 Å². The Hall–Kier alpha value is -3.05. The molecular weight excluding hydrogens is 594 g/mol. The van der Waals surface area contributed by atoms with Crippen molar-refractivity contribution in [2.45, 2.75) is 129 Å². The van der Waals surface area contributed by atoms with Crippen LogP contribution in [0.25, 0.3) is 0 Å². The van der Waals surface area contributed by atoms with Gasteiger partial charge in [-0.1, -0.05) is 25.5 Å². The summed E-state index contributed by atoms with van der Waals surface area (Å²) >= 11 is 0. The van der Waals surface area contributed by atoms with Crippen LogP contribution in [0.1, 0.15) is 100 Å². The Kier molecular flexibility index (Phi) is 9.75. The van der Waals surface area contributed by atoms with Gasteiger partial charge in [0.05, 0.1) is 6.10 Å². The second-order valence-electron chi connectivity index (χ2n) is 16.0. The Bertz CT molecular complexity index is 1320. The van der Waals surface area contributed by atoms with Gasteiger partial charge in [0.1, 0.15) is 22.8 Å². The third kappa shape index (κ3) is 7.10. The fourth-order valence-electron chi connectivity index (χ4n) is 8.50. The quantitative estimate of drug-likeness (QED) is 0.258. The molecule has 4 aliphatic rings. The molecule has 11 heteroatoms. The van der Waals surface area contributed by atoms with E-state index in [0.29, 0.717) is 12.8 Å². The van der Waals surface area contributed by atoms with Gasteiger partial charge in [-0.05, 0) is 104 Å². The number of esters is 2. The van der Waals surface area contributed by atoms with E-state index in [2.05, 4.69) is 12.2 Å². The van der Waals surface area contributed by atoms with Gasteiger partial charge in [0.25, 0.3) is 0 Å². The SMILES string of the molecule is CC(C)(C)OC(=O)CC[C@H](NC(=O)OC(C)(C)C)C(=O)OCC(=O)[C@@]1(O)CC[C@H]2[C@@H]3CCC4=CC(=O)C=C[C@]4(C)[C@H]3[C@H](O)C[C@@]21C. The summed E-state index contributed by atoms with van der Waals surface area (Å²) in [6.07, 6.45) is 5.41. The van der Waals surface area contributed by atoms with Gasteiger partial charge < -0.3 is 29.7 Å². The molecule has 0 spiro atoms. The third-order valence-corrected chi connectivity index (χ3v) is 10.5. The molecule has 0 aromatic heterocycles. The molecule has 0 unspecified atom stereocenters. The summed E-state index contributed by atoms with van der Waals surface area (Å²) in [5.41, 5.74) is -3.86. The summed E-state index contributed by atoms with van der Waals surface area (Å²) in [5, 5.41) is 26.0. The van der Waals surface area contributed by atoms with Crippen LogP contribution in [0.4, 0.5) is 4.79 Å². The minimum Gasteiger partial charge on any atom is -0.460 e. The summed E-state index contributed by atoms with van der Waals surface area (Å²) in [6.45, 7) is 13.3. The van der Waals surface area contributed by atoms with Gasteiger partial charge in [0, 0.05) is 23.2 Å². The lowest BCUT2D eigenvalue weighted by atomic mass is 9.46. The maximum absolute atomic E-state index is 13.7. The molecule has 3 N–H and O–H groups in total. The lowest BCUT2D eigenvalue weighted by molar-refractivity contribution is -0.181. The molecule has 0 saturated heterocycles. The lowest BCUT2D eigenvalue weighted by Crippen LogP contribution is -2.61. The van der Waals surface area contributed by atoms with E-state index >= 15 is 0 Å². The Morgan fingerprint density at radius 3 is 2.33 bits per heavy atom. The predicted octanol–water partition coefficient (Wildman–Crippen LogP) is 4.12. The van der Waals surface area contributed by atoms with E-state index in [1.165, 1.54) is 0 Å². The highest BCUT2D eigenvalue weighted by molar-refractivity contribution is 6.01. The number of amides is 1. The average Bonchev–Trinajstić information content (AvgIpc) is 3.18. The van der Waals surface area contributed by atoms with Crippen molar-refractivity contribution in [1.29, 1.82) is 0 Å². The summed E-state index contributed by atoms with van der Waals surface area (Å²) in [4.78, 5) is 63.9. The fraction of sp³-hybridized carbons (Fsp3) is 0.743. The number of fused-ring (bicyclic) bond motifs is 5. The molecule has 0 aromatic carbocycles. The molecule has 3 saturated carbocycles. The molecule has 8 atom stereocenters. The number of carbonyl (C=O) groups excluding carboxylic acids is 5. The number of Topliss-reactive ketones (excluding diaryl/α,β-unsaturated/α-hetero) is 1. The number of rotatable bonds is 8. The summed E-state index contributed by atoms with van der Waals surface area (Å²) < 4.78 is 16.0. The second-order valence-corrected chi connectivity index (χ2v) is 16.0. The van der Waals surface area contributed by atoms with Crippen molar-refractivity contribution in [1.82, 2.24) is 5.32 Å². The number of nitrogens with one attached hydrogen (secondary N) is 1. The summed E-state index contributed by atoms with van der Waals surface area (Å²) in [7, 11) is 0. The van der Waals surface area contributed by atoms with E-state index in [0.717, 1.165) is 12.0 Å². The molecular formula is C35H51NO10. The van der Waals surface area contributed by atoms with Crippen molar-refractivity contribution in [2.75, 3.05) is 6.61 Å². The molecule has 0 aromatic rings. The number of hydrogen-bond donors (Lipinski definition) is 3. The predicted molar refractivity (Wildman–Crippen MR) is 167 cm³/mol. The Morgan fingerprint density at radius 1 is 1.04 bits per heavy atom. The van der Waals surface area contributed by atoms with Gasteiger partial charge in [-0.25, -0.2) is 9.59 Å². The molecule has 4 rings (SSSR count). The first-order valence-electron chi connectivity index (χ1n) is 16.4. The van der Waals surface area contributed by atoms with Crippen LogP contribution in [-0.2, 0) is 33.4 Å². The summed E-state index contributed by atoms with van der Waals surface area (Å²) in [6, 6.07) is -1.31. The van der Waals surface area contributed by atoms with Crippen LogP contribution in [0.5, 0.6) is 0 Å². The molecule has 4 aliphatic carbocycles. The van der Waals surface area contributed by atoms with E-state index in [-0.39, 0.29) is 49.2 Å². The van der Waals surface area contributed by atoms with Crippen molar-refractivity contribution < 1.29 is 48.4 Å². The monoisotopic (exact) mass is 645 g/mol. The highest BCUT2D eigenvalue weighted by Gasteiger charge is 2.68. The fourth-order valence-corrected chi connectivity index (χ4v) is 8.50. The number of hydrogen-bond acceptors (Lipinski definition) is 10. The van der Waals surface area contributed by atoms with E-state index in [9.17, 15) is 34.2 Å². The zero-order chi connectivity index (χ0) is 34.5. The molecule has 11 nitrogen and oxygen atoms in total. The van der Waals surface area contributed by atoms with Crippen molar-refractivity contribution in [2.24, 2.45) is 28.6 Å². The molecule has 1 amide bonds. The van der Waals surface area contributed by atoms with Crippen LogP contribution in [0.3, 0.4) is 0 Å². The van der Waals surface area contributed by atoms with Crippen LogP contribution in [0.15, 0.2) is 23.8 Å². The lowest BCUT2D eigenvalue weighted by Gasteiger charge is -2.59. The number of ether oxygens (including phenoxy) is 3. The zero-order valence-corrected chi connectivity index (χ0v) is 28.4. The Morgan fingerprint density at radius 2 is 1.70 bits per heavy atom. The normalized spacial score (nSPS) is 34.3. The molecule has 0 heterocycles. The van der Waals surface area contributed by atoms with Gasteiger partial charge >= 0.3 is 18.0 Å². The van der Waals surface area contributed by atoms with Crippen molar-refractivity contribution in [3.05, 3.63) is 23.8 Å². The number of aliphatic hydroxyl groups excluding tert-OH is 1. The molecule has 0 aliphatic heterocycles. The van der Waals surface area contributed by atoms with Gasteiger partial charge in [0.15, 0.2) is 12.4 Å². The van der Waals surface area contributed by atoms with Crippen LogP contribution in [0.2, 0.25) is 0 Å². The molecule has 256 valence electrons. The number of aliphatic hydroxyl groups is 2. The highest BCUT2D eigenvalue weighted by atomic mass is 16.6. The first kappa shape index (κ1) is 35.8. The smallest absolute Gasteiger partial charge is 0.408 e. The molecule has 0 bridgehead atoms. The van der Waals surface area contributed by atoms with Gasteiger partial charge in [-0.2, -0.15) is 0 Å². The Labute approximate surface area is 271 Å². The standard InChI is InChI=1S/C35H51NO10/c1-31(2,3)45-27(40)12-11-24(36-30(42)46-32(4,5)6)29(41)44-19-26(39)35(43)16-14-23-22-10-9-20-17-21(37)13-15-33(20,7)28(22)25(38)18-34(23,35)8/h13,15,17,22-25,28,38,43H,9-12,14,16,18-19H2,1-8H3,(H,36,42)/t22-,23-,24-,25+,28+,33-,34-,35-/m0/s1. The molecule has 46 heavy (non-hydrogen) atoms. The van der Waals surface area contributed by atoms with Crippen LogP contribution >= 0.6 is 0 Å². The van der Waals surface area contributed by atoms with Crippen LogP contribution in [-0.4, -0.2) is 75.4 Å². The first-order valence-corrected chi connectivity index (χ1v) is 16.4. The molecule has 3 fully saturated rings. The maximum Gasteiger partial charge on any atom is 0.408 e. The largest absolute Gasteiger partial charge is 0.460 e. The average molecular weight is 646 g/mol. The van der Waals surface area contributed by atoms with Gasteiger partial charge in [-0.3, -0.25) is 14.4 Å². The van der Waals surface area contributed by atoms with E-state index < -0.39 is 70.2 Å². The topological polar surface area (TPSA) is 166 Å². The van der Waals surface area contributed by atoms with E-state index in [1.807, 2.05) is 13.0 Å². The van der Waals surface area contributed by atoms with Crippen molar-refractivity contribution in [3.63, 3.8) is 0 Å². The van der Waals surface area contributed by atoms with Gasteiger partial charge in [0.2, 0.25) is 5.78 Å². The highest BCUT2D eigenvalue weighted by Crippen LogP contribution is 2.67. The van der Waals surface area contributed by atoms with Gasteiger partial charge in [-0.15, -0.1) is 0 Å². The Balaban J connectivity index is 1.46. The van der Waals surface area contributed by atoms with Crippen LogP contribution in [0, 0.1) is 28.6 Å².